The van der Waals surface area contributed by atoms with Crippen molar-refractivity contribution >= 4 is 17.6 Å². The van der Waals surface area contributed by atoms with Gasteiger partial charge in [0.1, 0.15) is 6.04 Å². The smallest absolute Gasteiger partial charge is 0.423 e. The van der Waals surface area contributed by atoms with E-state index in [2.05, 4.69) is 4.74 Å². The zero-order valence-electron chi connectivity index (χ0n) is 10.5. The fraction of sp³-hybridized carbons (Fsp3) is 0.900. The minimum absolute atomic E-state index is 0.184. The van der Waals surface area contributed by atoms with Crippen molar-refractivity contribution in [3.63, 3.8) is 0 Å². The molecule has 1 atom stereocenters. The quantitative estimate of drug-likeness (QED) is 0.345. The van der Waals surface area contributed by atoms with E-state index >= 15 is 0 Å². The number of halogens is 7. The van der Waals surface area contributed by atoms with Gasteiger partial charge >= 0.3 is 24.0 Å². The van der Waals surface area contributed by atoms with E-state index in [1.54, 1.807) is 13.8 Å². The molecule has 1 unspecified atom stereocenters. The van der Waals surface area contributed by atoms with E-state index in [-0.39, 0.29) is 17.2 Å². The molecule has 0 aromatic carbocycles. The van der Waals surface area contributed by atoms with Crippen molar-refractivity contribution in [1.29, 1.82) is 0 Å². The van der Waals surface area contributed by atoms with E-state index in [4.69, 9.17) is 11.6 Å². The first-order chi connectivity index (χ1) is 8.88. The Labute approximate surface area is 115 Å². The summed E-state index contributed by atoms with van der Waals surface area (Å²) in [6.45, 7) is 3.11. The molecular weight excluding hydrogens is 316 g/mol. The number of hydrogen-bond acceptors (Lipinski definition) is 3. The lowest BCUT2D eigenvalue weighted by molar-refractivity contribution is -0.400. The molecule has 0 spiro atoms. The van der Waals surface area contributed by atoms with Gasteiger partial charge in [-0.2, -0.15) is 26.3 Å². The molecule has 1 saturated heterocycles. The van der Waals surface area contributed by atoms with Crippen LogP contribution in [0.1, 0.15) is 20.3 Å². The lowest BCUT2D eigenvalue weighted by Gasteiger charge is -2.38. The third-order valence-electron chi connectivity index (χ3n) is 2.89. The number of cyclic esters (lactones) is 1. The minimum Gasteiger partial charge on any atom is -0.423 e. The van der Waals surface area contributed by atoms with Crippen molar-refractivity contribution in [2.75, 3.05) is 6.00 Å². The Balaban J connectivity index is 3.36. The van der Waals surface area contributed by atoms with E-state index in [0.29, 0.717) is 0 Å². The summed E-state index contributed by atoms with van der Waals surface area (Å²) >= 11 is 5.24. The Bertz CT molecular complexity index is 367. The van der Waals surface area contributed by atoms with E-state index in [9.17, 15) is 31.1 Å². The molecule has 1 rings (SSSR count). The SMILES string of the molecule is CC(C)CC1C(=O)OC(C(F)(F)F)(C(F)(F)F)N1CCl. The van der Waals surface area contributed by atoms with Crippen molar-refractivity contribution in [3.05, 3.63) is 0 Å². The van der Waals surface area contributed by atoms with Crippen molar-refractivity contribution < 1.29 is 35.9 Å². The third kappa shape index (κ3) is 2.57. The van der Waals surface area contributed by atoms with Crippen LogP contribution < -0.4 is 0 Å². The number of nitrogens with zero attached hydrogens (tertiary/aromatic N) is 1. The Morgan fingerprint density at radius 2 is 1.70 bits per heavy atom. The standard InChI is InChI=1S/C10H12ClF6NO2/c1-5(2)3-6-7(19)20-8(9(12,13)14,10(15,16)17)18(6)4-11/h5-6H,3-4H2,1-2H3. The molecule has 0 amide bonds. The van der Waals surface area contributed by atoms with Crippen LogP contribution in [0.15, 0.2) is 0 Å². The van der Waals surface area contributed by atoms with Crippen LogP contribution in [0, 0.1) is 5.92 Å². The highest BCUT2D eigenvalue weighted by Gasteiger charge is 2.81. The summed E-state index contributed by atoms with van der Waals surface area (Å²) in [5.41, 5.74) is -4.68. The summed E-state index contributed by atoms with van der Waals surface area (Å²) in [5.74, 6) is -1.88. The van der Waals surface area contributed by atoms with Gasteiger partial charge in [0.2, 0.25) is 0 Å². The highest BCUT2D eigenvalue weighted by atomic mass is 35.5. The van der Waals surface area contributed by atoms with Gasteiger partial charge in [-0.05, 0) is 12.3 Å². The van der Waals surface area contributed by atoms with Gasteiger partial charge in [-0.15, -0.1) is 11.6 Å². The second-order valence-corrected chi connectivity index (χ2v) is 5.03. The molecule has 3 nitrogen and oxygen atoms in total. The average Bonchev–Trinajstić information content (AvgIpc) is 2.50. The first kappa shape index (κ1) is 17.4. The molecule has 1 fully saturated rings. The molecule has 10 heteroatoms. The van der Waals surface area contributed by atoms with E-state index in [0.717, 1.165) is 0 Å². The topological polar surface area (TPSA) is 29.5 Å². The average molecular weight is 328 g/mol. The second-order valence-electron chi connectivity index (χ2n) is 4.80. The normalized spacial score (nSPS) is 24.3. The maximum absolute atomic E-state index is 12.9. The first-order valence-electron chi connectivity index (χ1n) is 5.57. The van der Waals surface area contributed by atoms with Crippen molar-refractivity contribution in [2.24, 2.45) is 5.92 Å². The molecule has 118 valence electrons. The van der Waals surface area contributed by atoms with E-state index < -0.39 is 36.1 Å². The van der Waals surface area contributed by atoms with Crippen LogP contribution in [0.2, 0.25) is 0 Å². The van der Waals surface area contributed by atoms with Gasteiger partial charge in [-0.25, -0.2) is 4.90 Å². The Morgan fingerprint density at radius 3 is 2.00 bits per heavy atom. The van der Waals surface area contributed by atoms with Crippen molar-refractivity contribution in [2.45, 2.75) is 44.4 Å². The molecular formula is C10H12ClF6NO2. The molecule has 1 aliphatic heterocycles. The number of carbonyl (C=O) groups excluding carboxylic acids is 1. The summed E-state index contributed by atoms with van der Waals surface area (Å²) in [6, 6.07) is -2.82. The fourth-order valence-corrected chi connectivity index (χ4v) is 2.39. The summed E-state index contributed by atoms with van der Waals surface area (Å²) in [4.78, 5) is 11.3. The Hall–Kier alpha value is -0.700. The lowest BCUT2D eigenvalue weighted by Crippen LogP contribution is -2.66. The zero-order chi connectivity index (χ0) is 15.9. The summed E-state index contributed by atoms with van der Waals surface area (Å²) < 4.78 is 81.4. The maximum Gasteiger partial charge on any atom is 0.453 e. The number of ether oxygens (including phenoxy) is 1. The number of alkyl halides is 7. The van der Waals surface area contributed by atoms with Gasteiger partial charge in [0.05, 0.1) is 6.00 Å². The molecule has 0 aromatic heterocycles. The van der Waals surface area contributed by atoms with Gasteiger partial charge in [-0.3, -0.25) is 4.79 Å². The molecule has 0 aromatic rings. The van der Waals surface area contributed by atoms with Gasteiger partial charge in [0.25, 0.3) is 0 Å². The Kier molecular flexibility index (Phi) is 4.55. The number of hydrogen-bond donors (Lipinski definition) is 0. The van der Waals surface area contributed by atoms with Crippen LogP contribution in [0.3, 0.4) is 0 Å². The van der Waals surface area contributed by atoms with E-state index in [1.807, 2.05) is 0 Å². The summed E-state index contributed by atoms with van der Waals surface area (Å²) in [5, 5.41) is 0. The molecule has 20 heavy (non-hydrogen) atoms. The van der Waals surface area contributed by atoms with E-state index in [1.165, 1.54) is 0 Å². The number of carbonyl (C=O) groups is 1. The first-order valence-corrected chi connectivity index (χ1v) is 6.11. The Morgan fingerprint density at radius 1 is 1.25 bits per heavy atom. The zero-order valence-corrected chi connectivity index (χ0v) is 11.2. The van der Waals surface area contributed by atoms with Gasteiger partial charge in [-0.1, -0.05) is 13.8 Å². The molecule has 1 aliphatic rings. The molecule has 0 N–H and O–H groups in total. The predicted octanol–water partition coefficient (Wildman–Crippen LogP) is 3.28. The van der Waals surface area contributed by atoms with Crippen LogP contribution in [0.5, 0.6) is 0 Å². The van der Waals surface area contributed by atoms with Crippen LogP contribution >= 0.6 is 11.6 Å². The highest BCUT2D eigenvalue weighted by molar-refractivity contribution is 6.17. The summed E-state index contributed by atoms with van der Waals surface area (Å²) in [6.07, 6.45) is -11.9. The number of esters is 1. The van der Waals surface area contributed by atoms with Crippen molar-refractivity contribution in [3.8, 4) is 0 Å². The number of rotatable bonds is 3. The van der Waals surface area contributed by atoms with Gasteiger partial charge in [0, 0.05) is 0 Å². The molecule has 0 aliphatic carbocycles. The largest absolute Gasteiger partial charge is 0.453 e. The lowest BCUT2D eigenvalue weighted by atomic mass is 10.0. The van der Waals surface area contributed by atoms with Crippen molar-refractivity contribution in [1.82, 2.24) is 4.90 Å². The third-order valence-corrected chi connectivity index (χ3v) is 3.15. The van der Waals surface area contributed by atoms with Crippen LogP contribution in [-0.2, 0) is 9.53 Å². The van der Waals surface area contributed by atoms with Gasteiger partial charge in [0.15, 0.2) is 0 Å². The molecule has 1 heterocycles. The fourth-order valence-electron chi connectivity index (χ4n) is 2.06. The summed E-state index contributed by atoms with van der Waals surface area (Å²) in [7, 11) is 0. The maximum atomic E-state index is 12.9. The van der Waals surface area contributed by atoms with Gasteiger partial charge < -0.3 is 4.74 Å². The minimum atomic E-state index is -5.85. The molecule has 0 saturated carbocycles. The van der Waals surface area contributed by atoms with Crippen LogP contribution in [0.25, 0.3) is 0 Å². The predicted molar refractivity (Wildman–Crippen MR) is 56.7 cm³/mol. The monoisotopic (exact) mass is 327 g/mol. The highest BCUT2D eigenvalue weighted by Crippen LogP contribution is 2.52. The molecule has 0 radical (unpaired) electrons. The van der Waals surface area contributed by atoms with Crippen LogP contribution in [-0.4, -0.2) is 41.0 Å². The molecule has 0 bridgehead atoms. The second kappa shape index (κ2) is 5.25. The van der Waals surface area contributed by atoms with Crippen LogP contribution in [0.4, 0.5) is 26.3 Å².